The number of hydrogen-bond donors (Lipinski definition) is 2. The number of amides is 2. The first-order valence-corrected chi connectivity index (χ1v) is 10.5. The third-order valence-corrected chi connectivity index (χ3v) is 5.20. The molecule has 1 unspecified atom stereocenters. The molecule has 2 heterocycles. The lowest BCUT2D eigenvalue weighted by atomic mass is 10.1. The molecule has 0 bridgehead atoms. The molecule has 3 aromatic rings. The number of methoxy groups -OCH3 is 1. The third-order valence-electron chi connectivity index (χ3n) is 5.20. The van der Waals surface area contributed by atoms with Gasteiger partial charge in [0.2, 0.25) is 11.9 Å². The average Bonchev–Trinajstić information content (AvgIpc) is 3.28. The second kappa shape index (κ2) is 10.0. The van der Waals surface area contributed by atoms with Crippen LogP contribution in [0.1, 0.15) is 16.8 Å². The Balaban J connectivity index is 1.37. The Morgan fingerprint density at radius 2 is 1.97 bits per heavy atom. The molecule has 4 rings (SSSR count). The molecule has 8 heteroatoms. The van der Waals surface area contributed by atoms with Crippen molar-refractivity contribution in [3.05, 3.63) is 72.4 Å². The Labute approximate surface area is 186 Å². The molecule has 0 saturated carbocycles. The Bertz CT molecular complexity index is 1090. The highest BCUT2D eigenvalue weighted by Gasteiger charge is 2.26. The zero-order valence-corrected chi connectivity index (χ0v) is 17.8. The maximum absolute atomic E-state index is 12.7. The summed E-state index contributed by atoms with van der Waals surface area (Å²) < 4.78 is 4.81. The smallest absolute Gasteiger partial charge is 0.251 e. The molecule has 1 aromatic heterocycles. The summed E-state index contributed by atoms with van der Waals surface area (Å²) in [5.41, 5.74) is 2.95. The summed E-state index contributed by atoms with van der Waals surface area (Å²) in [6.07, 6.45) is 2.56. The van der Waals surface area contributed by atoms with Crippen molar-refractivity contribution in [2.45, 2.75) is 12.5 Å². The van der Waals surface area contributed by atoms with Crippen molar-refractivity contribution in [3.8, 4) is 11.3 Å². The first kappa shape index (κ1) is 21.5. The van der Waals surface area contributed by atoms with E-state index in [-0.39, 0.29) is 24.5 Å². The fourth-order valence-corrected chi connectivity index (χ4v) is 3.67. The van der Waals surface area contributed by atoms with E-state index in [1.807, 2.05) is 36.4 Å². The summed E-state index contributed by atoms with van der Waals surface area (Å²) in [6, 6.07) is 18.7. The highest BCUT2D eigenvalue weighted by Crippen LogP contribution is 2.21. The molecule has 1 saturated heterocycles. The lowest BCUT2D eigenvalue weighted by molar-refractivity contribution is -0.119. The van der Waals surface area contributed by atoms with Crippen molar-refractivity contribution < 1.29 is 14.3 Å². The third kappa shape index (κ3) is 5.28. The molecule has 1 fully saturated rings. The van der Waals surface area contributed by atoms with Crippen LogP contribution in [0.15, 0.2) is 66.9 Å². The van der Waals surface area contributed by atoms with Crippen LogP contribution in [0.3, 0.4) is 0 Å². The average molecular weight is 431 g/mol. The first-order valence-electron chi connectivity index (χ1n) is 10.5. The molecule has 32 heavy (non-hydrogen) atoms. The molecule has 1 atom stereocenters. The standard InChI is InChI=1S/C24H25N5O3/c1-32-16-22(30)26-19-9-5-8-18(14-19)23(31)27-20-11-13-29(15-20)24-25-12-10-21(28-24)17-6-3-2-4-7-17/h2-10,12,14,20H,11,13,15-16H2,1H3,(H,26,30)(H,27,31). The number of carbonyl (C=O) groups is 2. The SMILES string of the molecule is COCC(=O)Nc1cccc(C(=O)NC2CCN(c3nccc(-c4ccccc4)n3)C2)c1. The Kier molecular flexibility index (Phi) is 6.72. The van der Waals surface area contributed by atoms with E-state index in [0.717, 1.165) is 24.2 Å². The van der Waals surface area contributed by atoms with Gasteiger partial charge in [0.25, 0.3) is 5.91 Å². The second-order valence-electron chi connectivity index (χ2n) is 7.57. The summed E-state index contributed by atoms with van der Waals surface area (Å²) in [5, 5.41) is 5.78. The van der Waals surface area contributed by atoms with Crippen molar-refractivity contribution >= 4 is 23.5 Å². The molecule has 0 radical (unpaired) electrons. The second-order valence-corrected chi connectivity index (χ2v) is 7.57. The molecule has 2 N–H and O–H groups in total. The van der Waals surface area contributed by atoms with Gasteiger partial charge in [-0.3, -0.25) is 9.59 Å². The first-order chi connectivity index (χ1) is 15.6. The molecular weight excluding hydrogens is 406 g/mol. The monoisotopic (exact) mass is 431 g/mol. The topological polar surface area (TPSA) is 96.4 Å². The van der Waals surface area contributed by atoms with E-state index in [1.54, 1.807) is 30.5 Å². The fourth-order valence-electron chi connectivity index (χ4n) is 3.67. The van der Waals surface area contributed by atoms with Gasteiger partial charge in [-0.15, -0.1) is 0 Å². The summed E-state index contributed by atoms with van der Waals surface area (Å²) in [4.78, 5) is 35.7. The number of rotatable bonds is 7. The number of nitrogens with zero attached hydrogens (tertiary/aromatic N) is 3. The lowest BCUT2D eigenvalue weighted by Crippen LogP contribution is -2.37. The quantitative estimate of drug-likeness (QED) is 0.597. The van der Waals surface area contributed by atoms with Crippen LogP contribution in [0.5, 0.6) is 0 Å². The minimum absolute atomic E-state index is 0.0155. The van der Waals surface area contributed by atoms with E-state index >= 15 is 0 Å². The normalized spacial score (nSPS) is 15.4. The zero-order valence-electron chi connectivity index (χ0n) is 17.8. The van der Waals surface area contributed by atoms with Crippen molar-refractivity contribution in [2.24, 2.45) is 0 Å². The fraction of sp³-hybridized carbons (Fsp3) is 0.250. The molecule has 8 nitrogen and oxygen atoms in total. The predicted octanol–water partition coefficient (Wildman–Crippen LogP) is 2.74. The maximum atomic E-state index is 12.7. The van der Waals surface area contributed by atoms with Gasteiger partial charge < -0.3 is 20.3 Å². The van der Waals surface area contributed by atoms with Gasteiger partial charge in [0.15, 0.2) is 0 Å². The molecule has 1 aliphatic heterocycles. The van der Waals surface area contributed by atoms with Crippen LogP contribution in [0.25, 0.3) is 11.3 Å². The molecule has 0 aliphatic carbocycles. The van der Waals surface area contributed by atoms with Gasteiger partial charge in [0.05, 0.1) is 5.69 Å². The van der Waals surface area contributed by atoms with Crippen LogP contribution in [0.2, 0.25) is 0 Å². The Morgan fingerprint density at radius 1 is 1.12 bits per heavy atom. The van der Waals surface area contributed by atoms with E-state index in [9.17, 15) is 9.59 Å². The molecule has 164 valence electrons. The molecule has 1 aliphatic rings. The van der Waals surface area contributed by atoms with E-state index in [0.29, 0.717) is 23.7 Å². The van der Waals surface area contributed by atoms with Gasteiger partial charge in [-0.1, -0.05) is 36.4 Å². The van der Waals surface area contributed by atoms with Crippen molar-refractivity contribution in [1.29, 1.82) is 0 Å². The summed E-state index contributed by atoms with van der Waals surface area (Å²) in [6.45, 7) is 1.35. The van der Waals surface area contributed by atoms with Crippen LogP contribution in [-0.4, -0.2) is 54.6 Å². The highest BCUT2D eigenvalue weighted by molar-refractivity contribution is 5.97. The van der Waals surface area contributed by atoms with Crippen molar-refractivity contribution in [1.82, 2.24) is 15.3 Å². The van der Waals surface area contributed by atoms with Gasteiger partial charge in [0, 0.05) is 49.3 Å². The van der Waals surface area contributed by atoms with E-state index in [1.165, 1.54) is 7.11 Å². The van der Waals surface area contributed by atoms with Crippen LogP contribution in [0, 0.1) is 0 Å². The minimum Gasteiger partial charge on any atom is -0.375 e. The van der Waals surface area contributed by atoms with Gasteiger partial charge >= 0.3 is 0 Å². The van der Waals surface area contributed by atoms with Crippen molar-refractivity contribution in [2.75, 3.05) is 37.0 Å². The van der Waals surface area contributed by atoms with Gasteiger partial charge in [0.1, 0.15) is 6.61 Å². The van der Waals surface area contributed by atoms with Gasteiger partial charge in [-0.2, -0.15) is 0 Å². The number of ether oxygens (including phenoxy) is 1. The van der Waals surface area contributed by atoms with Crippen LogP contribution >= 0.6 is 0 Å². The molecule has 0 spiro atoms. The lowest BCUT2D eigenvalue weighted by Gasteiger charge is -2.17. The van der Waals surface area contributed by atoms with Gasteiger partial charge in [-0.25, -0.2) is 9.97 Å². The van der Waals surface area contributed by atoms with E-state index in [4.69, 9.17) is 9.72 Å². The molecular formula is C24H25N5O3. The number of aromatic nitrogens is 2. The molecule has 2 amide bonds. The summed E-state index contributed by atoms with van der Waals surface area (Å²) >= 11 is 0. The number of anilines is 2. The summed E-state index contributed by atoms with van der Waals surface area (Å²) in [7, 11) is 1.46. The van der Waals surface area contributed by atoms with Crippen molar-refractivity contribution in [3.63, 3.8) is 0 Å². The van der Waals surface area contributed by atoms with Crippen LogP contribution in [-0.2, 0) is 9.53 Å². The van der Waals surface area contributed by atoms with Crippen LogP contribution in [0.4, 0.5) is 11.6 Å². The number of hydrogen-bond acceptors (Lipinski definition) is 6. The molecule has 2 aromatic carbocycles. The zero-order chi connectivity index (χ0) is 22.3. The van der Waals surface area contributed by atoms with E-state index in [2.05, 4.69) is 20.5 Å². The Hall–Kier alpha value is -3.78. The maximum Gasteiger partial charge on any atom is 0.251 e. The number of nitrogens with one attached hydrogen (secondary N) is 2. The van der Waals surface area contributed by atoms with E-state index < -0.39 is 0 Å². The number of benzene rings is 2. The highest BCUT2D eigenvalue weighted by atomic mass is 16.5. The minimum atomic E-state index is -0.269. The number of carbonyl (C=O) groups excluding carboxylic acids is 2. The Morgan fingerprint density at radius 3 is 2.78 bits per heavy atom. The predicted molar refractivity (Wildman–Crippen MR) is 122 cm³/mol. The largest absolute Gasteiger partial charge is 0.375 e. The van der Waals surface area contributed by atoms with Crippen LogP contribution < -0.4 is 15.5 Å². The summed E-state index contributed by atoms with van der Waals surface area (Å²) in [5.74, 6) is 0.207. The van der Waals surface area contributed by atoms with Gasteiger partial charge in [-0.05, 0) is 30.7 Å².